The molecule has 0 atom stereocenters. The van der Waals surface area contributed by atoms with E-state index >= 15 is 0 Å². The van der Waals surface area contributed by atoms with Crippen molar-refractivity contribution in [1.29, 1.82) is 0 Å². The van der Waals surface area contributed by atoms with Crippen molar-refractivity contribution in [3.05, 3.63) is 36.2 Å². The third-order valence-electron chi connectivity index (χ3n) is 3.20. The van der Waals surface area contributed by atoms with E-state index in [1.165, 1.54) is 0 Å². The molecular formula is C16H20N4O. The Morgan fingerprint density at radius 1 is 1.19 bits per heavy atom. The molecule has 0 saturated heterocycles. The lowest BCUT2D eigenvalue weighted by Gasteiger charge is -2.11. The zero-order valence-corrected chi connectivity index (χ0v) is 12.3. The molecule has 0 unspecified atom stereocenters. The predicted octanol–water partition coefficient (Wildman–Crippen LogP) is 3.47. The van der Waals surface area contributed by atoms with Crippen molar-refractivity contribution >= 4 is 17.3 Å². The molecule has 0 bridgehead atoms. The van der Waals surface area contributed by atoms with Crippen LogP contribution in [0.5, 0.6) is 5.75 Å². The number of nitrogen functional groups attached to an aromatic ring is 1. The standard InChI is InChI=1S/C16H20N4O/c1-10(2)21-13-7-5-12(6-8-13)18-15-9-14(17)19-16(20-15)11-3-4-11/h5-11H,3-4H2,1-2H3,(H3,17,18,19,20). The van der Waals surface area contributed by atoms with E-state index in [1.54, 1.807) is 6.07 Å². The molecule has 1 aliphatic carbocycles. The topological polar surface area (TPSA) is 73.1 Å². The Morgan fingerprint density at radius 2 is 1.90 bits per heavy atom. The highest BCUT2D eigenvalue weighted by Crippen LogP contribution is 2.38. The third-order valence-corrected chi connectivity index (χ3v) is 3.20. The van der Waals surface area contributed by atoms with Crippen LogP contribution in [0, 0.1) is 0 Å². The molecule has 2 aromatic rings. The molecule has 1 aromatic carbocycles. The lowest BCUT2D eigenvalue weighted by atomic mass is 10.3. The fourth-order valence-corrected chi connectivity index (χ4v) is 2.11. The summed E-state index contributed by atoms with van der Waals surface area (Å²) in [4.78, 5) is 8.82. The molecule has 3 N–H and O–H groups in total. The van der Waals surface area contributed by atoms with E-state index in [0.29, 0.717) is 11.7 Å². The van der Waals surface area contributed by atoms with Gasteiger partial charge in [0.05, 0.1) is 6.10 Å². The van der Waals surface area contributed by atoms with Crippen LogP contribution >= 0.6 is 0 Å². The molecule has 0 spiro atoms. The number of rotatable bonds is 5. The van der Waals surface area contributed by atoms with Crippen LogP contribution in [-0.4, -0.2) is 16.1 Å². The number of ether oxygens (including phenoxy) is 1. The Morgan fingerprint density at radius 3 is 2.52 bits per heavy atom. The van der Waals surface area contributed by atoms with Crippen molar-refractivity contribution in [2.75, 3.05) is 11.1 Å². The highest BCUT2D eigenvalue weighted by atomic mass is 16.5. The van der Waals surface area contributed by atoms with Gasteiger partial charge >= 0.3 is 0 Å². The summed E-state index contributed by atoms with van der Waals surface area (Å²) in [6, 6.07) is 9.56. The molecule has 110 valence electrons. The fraction of sp³-hybridized carbons (Fsp3) is 0.375. The van der Waals surface area contributed by atoms with E-state index in [-0.39, 0.29) is 6.10 Å². The van der Waals surface area contributed by atoms with Gasteiger partial charge in [-0.25, -0.2) is 9.97 Å². The van der Waals surface area contributed by atoms with Crippen LogP contribution in [-0.2, 0) is 0 Å². The van der Waals surface area contributed by atoms with Crippen LogP contribution in [0.25, 0.3) is 0 Å². The van der Waals surface area contributed by atoms with Crippen molar-refractivity contribution in [3.63, 3.8) is 0 Å². The molecule has 5 heteroatoms. The zero-order valence-electron chi connectivity index (χ0n) is 12.3. The Bertz CT molecular complexity index is 621. The van der Waals surface area contributed by atoms with Gasteiger partial charge in [-0.05, 0) is 51.0 Å². The molecule has 0 amide bonds. The Hall–Kier alpha value is -2.30. The highest BCUT2D eigenvalue weighted by Gasteiger charge is 2.27. The largest absolute Gasteiger partial charge is 0.491 e. The summed E-state index contributed by atoms with van der Waals surface area (Å²) < 4.78 is 5.62. The van der Waals surface area contributed by atoms with Crippen LogP contribution in [0.3, 0.4) is 0 Å². The van der Waals surface area contributed by atoms with Crippen molar-refractivity contribution in [1.82, 2.24) is 9.97 Å². The summed E-state index contributed by atoms with van der Waals surface area (Å²) >= 11 is 0. The first-order valence-electron chi connectivity index (χ1n) is 7.28. The van der Waals surface area contributed by atoms with E-state index in [0.717, 1.165) is 35.9 Å². The number of hydrogen-bond acceptors (Lipinski definition) is 5. The molecule has 1 aliphatic rings. The van der Waals surface area contributed by atoms with E-state index in [4.69, 9.17) is 10.5 Å². The van der Waals surface area contributed by atoms with Gasteiger partial charge in [-0.3, -0.25) is 0 Å². The second-order valence-corrected chi connectivity index (χ2v) is 5.63. The van der Waals surface area contributed by atoms with Gasteiger partial charge in [0.25, 0.3) is 0 Å². The summed E-state index contributed by atoms with van der Waals surface area (Å²) in [6.45, 7) is 4.02. The van der Waals surface area contributed by atoms with Gasteiger partial charge in [-0.1, -0.05) is 0 Å². The maximum atomic E-state index is 5.85. The van der Waals surface area contributed by atoms with Gasteiger partial charge in [-0.15, -0.1) is 0 Å². The van der Waals surface area contributed by atoms with Crippen LogP contribution in [0.4, 0.5) is 17.3 Å². The average Bonchev–Trinajstić information content (AvgIpc) is 3.24. The quantitative estimate of drug-likeness (QED) is 0.879. The minimum atomic E-state index is 0.173. The van der Waals surface area contributed by atoms with Gasteiger partial charge < -0.3 is 15.8 Å². The van der Waals surface area contributed by atoms with Crippen LogP contribution in [0.15, 0.2) is 30.3 Å². The van der Waals surface area contributed by atoms with Crippen molar-refractivity contribution in [3.8, 4) is 5.75 Å². The molecular weight excluding hydrogens is 264 g/mol. The Labute approximate surface area is 124 Å². The smallest absolute Gasteiger partial charge is 0.136 e. The molecule has 1 saturated carbocycles. The zero-order chi connectivity index (χ0) is 14.8. The molecule has 1 fully saturated rings. The third kappa shape index (κ3) is 3.62. The minimum absolute atomic E-state index is 0.173. The predicted molar refractivity (Wildman–Crippen MR) is 83.9 cm³/mol. The second kappa shape index (κ2) is 5.60. The van der Waals surface area contributed by atoms with Crippen molar-refractivity contribution in [2.45, 2.75) is 38.7 Å². The number of aromatic nitrogens is 2. The molecule has 0 aliphatic heterocycles. The van der Waals surface area contributed by atoms with Gasteiger partial charge in [0, 0.05) is 17.7 Å². The lowest BCUT2D eigenvalue weighted by Crippen LogP contribution is -2.05. The van der Waals surface area contributed by atoms with E-state index in [1.807, 2.05) is 38.1 Å². The van der Waals surface area contributed by atoms with Gasteiger partial charge in [0.1, 0.15) is 23.2 Å². The maximum absolute atomic E-state index is 5.85. The lowest BCUT2D eigenvalue weighted by molar-refractivity contribution is 0.242. The maximum Gasteiger partial charge on any atom is 0.136 e. The fourth-order valence-electron chi connectivity index (χ4n) is 2.11. The highest BCUT2D eigenvalue weighted by molar-refractivity contribution is 5.59. The van der Waals surface area contributed by atoms with Crippen molar-refractivity contribution < 1.29 is 4.74 Å². The number of nitrogens with zero attached hydrogens (tertiary/aromatic N) is 2. The summed E-state index contributed by atoms with van der Waals surface area (Å²) in [5.41, 5.74) is 6.80. The first-order chi connectivity index (χ1) is 10.1. The Kier molecular flexibility index (Phi) is 3.64. The molecule has 1 aromatic heterocycles. The first kappa shape index (κ1) is 13.7. The summed E-state index contributed by atoms with van der Waals surface area (Å²) in [5, 5.41) is 3.26. The number of benzene rings is 1. The van der Waals surface area contributed by atoms with E-state index < -0.39 is 0 Å². The minimum Gasteiger partial charge on any atom is -0.491 e. The number of hydrogen-bond donors (Lipinski definition) is 2. The van der Waals surface area contributed by atoms with E-state index in [9.17, 15) is 0 Å². The van der Waals surface area contributed by atoms with Gasteiger partial charge in [0.15, 0.2) is 0 Å². The number of nitrogens with one attached hydrogen (secondary N) is 1. The first-order valence-corrected chi connectivity index (χ1v) is 7.28. The summed E-state index contributed by atoms with van der Waals surface area (Å²) in [5.74, 6) is 3.43. The average molecular weight is 284 g/mol. The second-order valence-electron chi connectivity index (χ2n) is 5.63. The molecule has 5 nitrogen and oxygen atoms in total. The van der Waals surface area contributed by atoms with Crippen LogP contribution in [0.2, 0.25) is 0 Å². The number of anilines is 3. The number of nitrogens with two attached hydrogens (primary N) is 1. The SMILES string of the molecule is CC(C)Oc1ccc(Nc2cc(N)nc(C3CC3)n2)cc1. The van der Waals surface area contributed by atoms with Gasteiger partial charge in [0.2, 0.25) is 0 Å². The molecule has 0 radical (unpaired) electrons. The monoisotopic (exact) mass is 284 g/mol. The summed E-state index contributed by atoms with van der Waals surface area (Å²) in [7, 11) is 0. The molecule has 21 heavy (non-hydrogen) atoms. The van der Waals surface area contributed by atoms with Crippen LogP contribution < -0.4 is 15.8 Å². The van der Waals surface area contributed by atoms with Gasteiger partial charge in [-0.2, -0.15) is 0 Å². The van der Waals surface area contributed by atoms with Crippen LogP contribution in [0.1, 0.15) is 38.4 Å². The van der Waals surface area contributed by atoms with E-state index in [2.05, 4.69) is 15.3 Å². The summed E-state index contributed by atoms with van der Waals surface area (Å²) in [6.07, 6.45) is 2.49. The molecule has 1 heterocycles. The molecule has 3 rings (SSSR count). The normalized spacial score (nSPS) is 14.2. The Balaban J connectivity index is 1.73. The van der Waals surface area contributed by atoms with Crippen molar-refractivity contribution in [2.24, 2.45) is 0 Å².